The Bertz CT molecular complexity index is 464. The van der Waals surface area contributed by atoms with Gasteiger partial charge in [-0.05, 0) is 36.9 Å². The fourth-order valence-corrected chi connectivity index (χ4v) is 2.63. The second kappa shape index (κ2) is 5.21. The van der Waals surface area contributed by atoms with Crippen molar-refractivity contribution < 1.29 is 9.53 Å². The lowest BCUT2D eigenvalue weighted by atomic mass is 10.1. The van der Waals surface area contributed by atoms with Crippen LogP contribution in [0.2, 0.25) is 0 Å². The van der Waals surface area contributed by atoms with Gasteiger partial charge < -0.3 is 10.1 Å². The third-order valence-corrected chi connectivity index (χ3v) is 3.77. The summed E-state index contributed by atoms with van der Waals surface area (Å²) in [6.45, 7) is 2.06. The predicted octanol–water partition coefficient (Wildman–Crippen LogP) is 2.72. The number of hydrogen-bond donors (Lipinski definition) is 1. The second-order valence-electron chi connectivity index (χ2n) is 4.19. The van der Waals surface area contributed by atoms with Crippen molar-refractivity contribution in [3.63, 3.8) is 0 Å². The number of ether oxygens (including phenoxy) is 1. The molecular weight excluding hydrogens is 253 g/mol. The minimum absolute atomic E-state index is 0.0746. The van der Waals surface area contributed by atoms with Crippen molar-refractivity contribution in [2.45, 2.75) is 25.5 Å². The molecule has 0 aliphatic heterocycles. The van der Waals surface area contributed by atoms with E-state index in [1.807, 2.05) is 7.05 Å². The first-order valence-corrected chi connectivity index (χ1v) is 7.37. The van der Waals surface area contributed by atoms with Gasteiger partial charge in [0.25, 0.3) is 0 Å². The van der Waals surface area contributed by atoms with E-state index in [9.17, 15) is 4.79 Å². The van der Waals surface area contributed by atoms with Gasteiger partial charge in [0.05, 0.1) is 13.4 Å². The van der Waals surface area contributed by atoms with Crippen LogP contribution in [0.25, 0.3) is 0 Å². The van der Waals surface area contributed by atoms with Crippen molar-refractivity contribution in [1.29, 1.82) is 0 Å². The molecule has 0 fully saturated rings. The van der Waals surface area contributed by atoms with E-state index in [1.165, 1.54) is 16.7 Å². The van der Waals surface area contributed by atoms with E-state index < -0.39 is 0 Å². The Labute approximate surface area is 107 Å². The van der Waals surface area contributed by atoms with Gasteiger partial charge in [0.2, 0.25) is 0 Å². The molecule has 90 valence electrons. The third kappa shape index (κ3) is 2.54. The average Bonchev–Trinajstić information content (AvgIpc) is 2.65. The maximum absolute atomic E-state index is 11.3. The highest BCUT2D eigenvalue weighted by Gasteiger charge is 2.33. The monoisotopic (exact) mass is 267 g/mol. The summed E-state index contributed by atoms with van der Waals surface area (Å²) in [6.07, 6.45) is 0.622. The second-order valence-corrected chi connectivity index (χ2v) is 5.28. The van der Waals surface area contributed by atoms with Crippen LogP contribution in [0.15, 0.2) is 18.2 Å². The molecule has 1 N–H and O–H groups in total. The highest BCUT2D eigenvalue weighted by molar-refractivity contribution is 8.03. The molecule has 0 spiro atoms. The molecule has 1 aliphatic carbocycles. The Balaban J connectivity index is 2.25. The Morgan fingerprint density at radius 2 is 2.35 bits per heavy atom. The van der Waals surface area contributed by atoms with Gasteiger partial charge >= 0.3 is 5.71 Å². The molecule has 0 saturated carbocycles. The molecule has 0 bridgehead atoms. The van der Waals surface area contributed by atoms with Gasteiger partial charge in [-0.2, -0.15) is 0 Å². The number of benzene rings is 1. The van der Waals surface area contributed by atoms with Gasteiger partial charge in [0.15, 0.2) is 0 Å². The van der Waals surface area contributed by atoms with Gasteiger partial charge in [0.1, 0.15) is 6.10 Å². The number of hydrogen-bond acceptors (Lipinski definition) is 4. The zero-order valence-corrected chi connectivity index (χ0v) is 11.5. The fraction of sp³-hybridized carbons (Fsp3) is 0.417. The summed E-state index contributed by atoms with van der Waals surface area (Å²) in [6, 6.07) is 6.41. The minimum Gasteiger partial charge on any atom is -0.453 e. The Hall–Kier alpha value is -0.830. The lowest BCUT2D eigenvalue weighted by Crippen LogP contribution is -2.29. The molecular formula is C12H14NO2PS. The maximum Gasteiger partial charge on any atom is 0.367 e. The van der Waals surface area contributed by atoms with E-state index in [1.54, 1.807) is 0 Å². The number of nitrogens with one attached hydrogen (secondary N) is 1. The smallest absolute Gasteiger partial charge is 0.367 e. The van der Waals surface area contributed by atoms with Crippen LogP contribution in [-0.4, -0.2) is 18.9 Å². The molecule has 5 heteroatoms. The SMILES string of the molecule is CNC1c2cc(C)ccc2CC1OC(=O)P=S. The largest absolute Gasteiger partial charge is 0.453 e. The highest BCUT2D eigenvalue weighted by atomic mass is 32.4. The first-order chi connectivity index (χ1) is 8.15. The summed E-state index contributed by atoms with van der Waals surface area (Å²) in [7, 11) is 2.13. The summed E-state index contributed by atoms with van der Waals surface area (Å²) in [5.41, 5.74) is 3.35. The quantitative estimate of drug-likeness (QED) is 0.855. The van der Waals surface area contributed by atoms with E-state index in [-0.39, 0.29) is 25.2 Å². The van der Waals surface area contributed by atoms with Crippen LogP contribution in [0.5, 0.6) is 0 Å². The molecule has 0 saturated heterocycles. The Morgan fingerprint density at radius 1 is 1.59 bits per heavy atom. The topological polar surface area (TPSA) is 38.3 Å². The van der Waals surface area contributed by atoms with Gasteiger partial charge in [-0.1, -0.05) is 23.8 Å². The Kier molecular flexibility index (Phi) is 3.87. The molecule has 2 atom stereocenters. The van der Waals surface area contributed by atoms with Crippen LogP contribution in [0, 0.1) is 6.92 Å². The zero-order valence-electron chi connectivity index (χ0n) is 9.77. The molecule has 0 amide bonds. The molecule has 1 aromatic rings. The van der Waals surface area contributed by atoms with Gasteiger partial charge in [-0.15, -0.1) is 0 Å². The molecule has 0 radical (unpaired) electrons. The normalized spacial score (nSPS) is 22.5. The van der Waals surface area contributed by atoms with Crippen molar-refractivity contribution in [1.82, 2.24) is 5.32 Å². The van der Waals surface area contributed by atoms with Crippen LogP contribution < -0.4 is 5.32 Å². The standard InChI is InChI=1S/C12H14NO2PS/c1-7-3-4-8-6-10(15-12(14)16-17)11(13-2)9(8)5-7/h3-5,10-11,13H,6H2,1-2H3. The van der Waals surface area contributed by atoms with Gasteiger partial charge in [-0.3, -0.25) is 0 Å². The van der Waals surface area contributed by atoms with Crippen molar-refractivity contribution in [2.24, 2.45) is 0 Å². The summed E-state index contributed by atoms with van der Waals surface area (Å²) in [5, 5.41) is 3.21. The number of rotatable bonds is 3. The van der Waals surface area contributed by atoms with Crippen molar-refractivity contribution in [3.8, 4) is 0 Å². The fourth-order valence-electron chi connectivity index (χ4n) is 2.33. The lowest BCUT2D eigenvalue weighted by molar-refractivity contribution is 0.105. The van der Waals surface area contributed by atoms with E-state index in [2.05, 4.69) is 42.2 Å². The molecule has 2 unspecified atom stereocenters. The van der Waals surface area contributed by atoms with E-state index in [0.717, 1.165) is 6.42 Å². The van der Waals surface area contributed by atoms with Crippen LogP contribution in [0.4, 0.5) is 4.79 Å². The highest BCUT2D eigenvalue weighted by Crippen LogP contribution is 2.34. The van der Waals surface area contributed by atoms with Crippen LogP contribution in [-0.2, 0) is 23.0 Å². The van der Waals surface area contributed by atoms with E-state index >= 15 is 0 Å². The summed E-state index contributed by atoms with van der Waals surface area (Å²) >= 11 is 4.67. The molecule has 2 rings (SSSR count). The first-order valence-electron chi connectivity index (χ1n) is 5.46. The first kappa shape index (κ1) is 12.6. The number of carbonyl (C=O) groups is 1. The summed E-state index contributed by atoms with van der Waals surface area (Å²) in [5.74, 6) is 0. The van der Waals surface area contributed by atoms with Gasteiger partial charge in [-0.25, -0.2) is 4.79 Å². The van der Waals surface area contributed by atoms with Crippen LogP contribution in [0.3, 0.4) is 0 Å². The van der Waals surface area contributed by atoms with Crippen LogP contribution >= 0.6 is 7.36 Å². The number of aryl methyl sites for hydroxylation is 1. The summed E-state index contributed by atoms with van der Waals surface area (Å²) in [4.78, 5) is 11.3. The van der Waals surface area contributed by atoms with Crippen molar-refractivity contribution >= 4 is 24.9 Å². The lowest BCUT2D eigenvalue weighted by Gasteiger charge is -2.19. The molecule has 17 heavy (non-hydrogen) atoms. The van der Waals surface area contributed by atoms with Crippen molar-refractivity contribution in [3.05, 3.63) is 34.9 Å². The minimum atomic E-state index is -0.338. The average molecular weight is 267 g/mol. The van der Waals surface area contributed by atoms with Crippen LogP contribution in [0.1, 0.15) is 22.7 Å². The van der Waals surface area contributed by atoms with Gasteiger partial charge in [0, 0.05) is 6.42 Å². The predicted molar refractivity (Wildman–Crippen MR) is 71.2 cm³/mol. The number of fused-ring (bicyclic) bond motifs is 1. The van der Waals surface area contributed by atoms with E-state index in [0.29, 0.717) is 0 Å². The molecule has 0 heterocycles. The molecule has 3 nitrogen and oxygen atoms in total. The molecule has 1 aromatic carbocycles. The van der Waals surface area contributed by atoms with E-state index in [4.69, 9.17) is 4.74 Å². The molecule has 1 aliphatic rings. The third-order valence-electron chi connectivity index (χ3n) is 3.07. The maximum atomic E-state index is 11.3. The molecule has 0 aromatic heterocycles. The number of likely N-dealkylation sites (N-methyl/N-ethyl adjacent to an activating group) is 1. The number of carbonyl (C=O) groups excluding carboxylic acids is 1. The Morgan fingerprint density at radius 3 is 3.00 bits per heavy atom. The summed E-state index contributed by atoms with van der Waals surface area (Å²) < 4.78 is 5.37. The zero-order chi connectivity index (χ0) is 12.4. The van der Waals surface area contributed by atoms with Crippen molar-refractivity contribution in [2.75, 3.05) is 7.05 Å².